The van der Waals surface area contributed by atoms with Gasteiger partial charge in [0.05, 0.1) is 47.1 Å². The second-order valence-corrected chi connectivity index (χ2v) is 22.9. The van der Waals surface area contributed by atoms with Crippen LogP contribution in [-0.4, -0.2) is 148 Å². The predicted octanol–water partition coefficient (Wildman–Crippen LogP) is -0.0417. The fourth-order valence-electron chi connectivity index (χ4n) is 9.25. The number of nitrogen functional groups attached to an aromatic ring is 1. The van der Waals surface area contributed by atoms with Crippen LogP contribution in [0.3, 0.4) is 0 Å². The zero-order valence-corrected chi connectivity index (χ0v) is 46.5. The number of fused-ring (bicyclic) bond motifs is 2. The van der Waals surface area contributed by atoms with Gasteiger partial charge in [-0.05, 0) is 82.2 Å². The molecule has 1 fully saturated rings. The first-order valence-corrected chi connectivity index (χ1v) is 27.8. The van der Waals surface area contributed by atoms with E-state index in [9.17, 15) is 62.0 Å². The molecule has 1 saturated heterocycles. The lowest BCUT2D eigenvalue weighted by Crippen LogP contribution is -3.06. The molecule has 1 aliphatic carbocycles. The van der Waals surface area contributed by atoms with Gasteiger partial charge in [-0.2, -0.15) is 0 Å². The molecule has 0 bridgehead atoms. The van der Waals surface area contributed by atoms with Crippen LogP contribution in [0.1, 0.15) is 104 Å². The average molecular weight is 1130 g/mol. The van der Waals surface area contributed by atoms with E-state index in [4.69, 9.17) is 5.73 Å². The van der Waals surface area contributed by atoms with Crippen molar-refractivity contribution in [2.75, 3.05) is 36.4 Å². The minimum absolute atomic E-state index is 0.0617. The van der Waals surface area contributed by atoms with Crippen LogP contribution in [-0.2, 0) is 51.7 Å². The van der Waals surface area contributed by atoms with Crippen molar-refractivity contribution in [2.24, 2.45) is 17.0 Å². The lowest BCUT2D eigenvalue weighted by molar-refractivity contribution is -0.860. The van der Waals surface area contributed by atoms with Gasteiger partial charge in [0.25, 0.3) is 0 Å². The molecule has 26 nitrogen and oxygen atoms in total. The second-order valence-electron chi connectivity index (χ2n) is 20.7. The van der Waals surface area contributed by atoms with Gasteiger partial charge in [-0.3, -0.25) is 38.4 Å². The zero-order valence-electron chi connectivity index (χ0n) is 45.7. The molecule has 1 aromatic heterocycles. The summed E-state index contributed by atoms with van der Waals surface area (Å²) in [7, 11) is -4.05. The first-order chi connectivity index (χ1) is 37.7. The fourth-order valence-corrected chi connectivity index (χ4v) is 10.6. The van der Waals surface area contributed by atoms with Gasteiger partial charge >= 0.3 is 0 Å². The molecule has 80 heavy (non-hydrogen) atoms. The van der Waals surface area contributed by atoms with Crippen molar-refractivity contribution in [2.45, 2.75) is 129 Å². The minimum Gasteiger partial charge on any atom is -0.634 e. The number of hydrogen-bond donors (Lipinski definition) is 9. The molecule has 6 amide bonds. The molecule has 4 aromatic rings. The number of nitroso groups, excluding NO2 is 1. The SMILES string of the molecule is Cc1cc(Nc2cccc(S(=O)(=O)CC[NH+]([O-])Cc3cnnn3CC(O)CNC(=O)C(NC(=O)C(C)NC(=O)C(NC(=O)C3CCCN3C(=O)C(C)NC(=O)C(C)N=O)C(C)C)C(C)C)c2)c2c(c1N)C(=O)c1ccccc1C2=O. The number of aliphatic hydroxyl groups excluding tert-OH is 1. The van der Waals surface area contributed by atoms with Crippen molar-refractivity contribution in [3.63, 3.8) is 0 Å². The molecule has 2 heterocycles. The topological polar surface area (TPSA) is 380 Å². The number of rotatable bonds is 25. The van der Waals surface area contributed by atoms with Crippen molar-refractivity contribution < 1.29 is 56.9 Å². The molecule has 8 atom stereocenters. The van der Waals surface area contributed by atoms with E-state index in [1.807, 2.05) is 0 Å². The highest BCUT2D eigenvalue weighted by molar-refractivity contribution is 7.91. The Hall–Kier alpha value is -8.01. The van der Waals surface area contributed by atoms with Crippen LogP contribution < -0.4 is 42.7 Å². The minimum atomic E-state index is -4.05. The molecule has 430 valence electrons. The summed E-state index contributed by atoms with van der Waals surface area (Å²) in [5.41, 5.74) is 8.41. The van der Waals surface area contributed by atoms with Crippen molar-refractivity contribution in [3.05, 3.63) is 104 Å². The summed E-state index contributed by atoms with van der Waals surface area (Å²) in [6.45, 7) is 11.5. The number of aliphatic hydroxyl groups is 1. The number of quaternary nitrogens is 1. The maximum Gasteiger partial charge on any atom is 0.248 e. The van der Waals surface area contributed by atoms with Crippen LogP contribution in [0.15, 0.2) is 70.9 Å². The number of nitrogens with one attached hydrogen (secondary N) is 7. The maximum absolute atomic E-state index is 13.7. The van der Waals surface area contributed by atoms with Crippen molar-refractivity contribution in [1.82, 2.24) is 46.5 Å². The van der Waals surface area contributed by atoms with Crippen molar-refractivity contribution in [3.8, 4) is 0 Å². The largest absolute Gasteiger partial charge is 0.634 e. The molecular weight excluding hydrogens is 1060 g/mol. The second kappa shape index (κ2) is 26.3. The highest BCUT2D eigenvalue weighted by atomic mass is 32.2. The number of anilines is 3. The molecule has 0 spiro atoms. The lowest BCUT2D eigenvalue weighted by Gasteiger charge is -2.30. The number of amides is 6. The van der Waals surface area contributed by atoms with Crippen LogP contribution in [0.5, 0.6) is 0 Å². The van der Waals surface area contributed by atoms with E-state index in [2.05, 4.69) is 47.4 Å². The summed E-state index contributed by atoms with van der Waals surface area (Å²) in [4.78, 5) is 119. The van der Waals surface area contributed by atoms with Crippen LogP contribution in [0, 0.1) is 28.9 Å². The molecule has 2 aliphatic rings. The third kappa shape index (κ3) is 14.4. The monoisotopic (exact) mass is 1130 g/mol. The van der Waals surface area contributed by atoms with E-state index < -0.39 is 122 Å². The Balaban J connectivity index is 0.975. The number of aryl methyl sites for hydroxylation is 1. The number of carbonyl (C=O) groups excluding carboxylic acids is 8. The smallest absolute Gasteiger partial charge is 0.248 e. The summed E-state index contributed by atoms with van der Waals surface area (Å²) < 4.78 is 28.4. The van der Waals surface area contributed by atoms with E-state index in [0.29, 0.717) is 17.7 Å². The number of carbonyl (C=O) groups is 8. The molecule has 10 N–H and O–H groups in total. The van der Waals surface area contributed by atoms with E-state index >= 15 is 0 Å². The third-order valence-electron chi connectivity index (χ3n) is 13.9. The van der Waals surface area contributed by atoms with Crippen LogP contribution in [0.2, 0.25) is 0 Å². The fraction of sp³-hybridized carbons (Fsp3) is 0.472. The van der Waals surface area contributed by atoms with Gasteiger partial charge in [-0.1, -0.05) is 68.4 Å². The maximum atomic E-state index is 13.7. The van der Waals surface area contributed by atoms with Gasteiger partial charge in [0.15, 0.2) is 27.4 Å². The highest BCUT2D eigenvalue weighted by Gasteiger charge is 2.40. The average Bonchev–Trinajstić information content (AvgIpc) is 4.24. The number of aromatic nitrogens is 3. The number of ketones is 2. The van der Waals surface area contributed by atoms with E-state index in [0.717, 1.165) is 0 Å². The number of likely N-dealkylation sites (tertiary alicyclic amines) is 1. The Bertz CT molecular complexity index is 3150. The molecule has 3 aromatic carbocycles. The first kappa shape index (κ1) is 61.2. The van der Waals surface area contributed by atoms with Crippen LogP contribution in [0.25, 0.3) is 0 Å². The number of nitrogens with zero attached hydrogens (tertiary/aromatic N) is 5. The van der Waals surface area contributed by atoms with Gasteiger partial charge in [-0.25, -0.2) is 13.1 Å². The highest BCUT2D eigenvalue weighted by Crippen LogP contribution is 2.38. The molecule has 0 radical (unpaired) electrons. The summed E-state index contributed by atoms with van der Waals surface area (Å²) >= 11 is 0. The Morgan fingerprint density at radius 3 is 2.12 bits per heavy atom. The Morgan fingerprint density at radius 2 is 1.48 bits per heavy atom. The number of nitrogens with two attached hydrogens (primary N) is 1. The molecule has 8 unspecified atom stereocenters. The molecule has 6 rings (SSSR count). The van der Waals surface area contributed by atoms with Gasteiger partial charge in [-0.15, -0.1) is 10.0 Å². The molecule has 27 heteroatoms. The van der Waals surface area contributed by atoms with Crippen LogP contribution >= 0.6 is 0 Å². The number of hydrogen-bond acceptors (Lipinski definition) is 18. The Labute approximate surface area is 462 Å². The first-order valence-electron chi connectivity index (χ1n) is 26.1. The van der Waals surface area contributed by atoms with Gasteiger partial charge < -0.3 is 57.9 Å². The molecule has 1 aliphatic heterocycles. The number of sulfone groups is 1. The van der Waals surface area contributed by atoms with E-state index in [-0.39, 0.29) is 83.4 Å². The van der Waals surface area contributed by atoms with E-state index in [1.54, 1.807) is 71.0 Å². The van der Waals surface area contributed by atoms with Crippen molar-refractivity contribution >= 4 is 73.9 Å². The summed E-state index contributed by atoms with van der Waals surface area (Å²) in [6.07, 6.45) is 0.782. The third-order valence-corrected chi connectivity index (χ3v) is 15.6. The molecule has 0 saturated carbocycles. The van der Waals surface area contributed by atoms with Gasteiger partial charge in [0.2, 0.25) is 35.4 Å². The Morgan fingerprint density at radius 1 is 0.838 bits per heavy atom. The molecular formula is C53H69N13O13S. The summed E-state index contributed by atoms with van der Waals surface area (Å²) in [5.74, 6) is -6.34. The number of benzene rings is 3. The van der Waals surface area contributed by atoms with Crippen LogP contribution in [0.4, 0.5) is 17.1 Å². The number of hydroxylamine groups is 2. The lowest BCUT2D eigenvalue weighted by atomic mass is 9.81. The standard InChI is InChI=1S/C53H69N13O13S/c1-27(2)44(60-48(70)30(6)57-52(74)45(28(3)4)61-50(72)40-17-12-18-65(40)53(75)32(8)58-49(71)31(7)62-76)51(73)55-24-35(67)26-66-34(23-56-63-66)25-64(77)19-20-80(78,79)36-14-11-13-33(22-36)59-39-21-29(5)43(54)42-41(39)46(68)37-15-9-10-16-38(37)47(42)69/h9-11,13-16,21-23,27-28,30-32,35,40,44-45,59,64,67H,12,17-20,24-26,54H2,1-8H3,(H,55,73)(H,57,74)(H,58,71)(H,60,70)(H,61,72). The summed E-state index contributed by atoms with van der Waals surface area (Å²) in [5, 5.41) is 50.2. The summed E-state index contributed by atoms with van der Waals surface area (Å²) in [6, 6.07) is 7.15. The van der Waals surface area contributed by atoms with E-state index in [1.165, 1.54) is 54.7 Å². The Kier molecular flexibility index (Phi) is 20.1. The quantitative estimate of drug-likeness (QED) is 0.0210. The zero-order chi connectivity index (χ0) is 58.9. The van der Waals surface area contributed by atoms with Gasteiger partial charge in [0.1, 0.15) is 48.2 Å². The van der Waals surface area contributed by atoms with Gasteiger partial charge in [0, 0.05) is 35.6 Å². The normalized spacial score (nSPS) is 16.8. The van der Waals surface area contributed by atoms with Crippen molar-refractivity contribution in [1.29, 1.82) is 0 Å². The predicted molar refractivity (Wildman–Crippen MR) is 291 cm³/mol.